The van der Waals surface area contributed by atoms with Gasteiger partial charge in [0.1, 0.15) is 0 Å². The van der Waals surface area contributed by atoms with Gasteiger partial charge in [-0.15, -0.1) is 0 Å². The zero-order valence-electron chi connectivity index (χ0n) is 12.3. The third-order valence-corrected chi connectivity index (χ3v) is 3.59. The van der Waals surface area contributed by atoms with Crippen molar-refractivity contribution in [1.29, 1.82) is 0 Å². The van der Waals surface area contributed by atoms with Gasteiger partial charge < -0.3 is 2.85 Å². The number of hydrogen-bond donors (Lipinski definition) is 0. The van der Waals surface area contributed by atoms with E-state index in [1.807, 2.05) is 0 Å². The van der Waals surface area contributed by atoms with Crippen LogP contribution in [-0.2, 0) is 14.3 Å². The second kappa shape index (κ2) is 8.91. The van der Waals surface area contributed by atoms with Gasteiger partial charge in [-0.05, 0) is 18.6 Å². The zero-order valence-corrected chi connectivity index (χ0v) is 12.5. The average Bonchev–Trinajstić information content (AvgIpc) is 2.30. The van der Waals surface area contributed by atoms with E-state index in [4.69, 9.17) is 4.18 Å². The first-order chi connectivity index (χ1) is 7.67. The Morgan fingerprint density at radius 1 is 1.12 bits per heavy atom. The fourth-order valence-corrected chi connectivity index (χ4v) is 2.32. The minimum Gasteiger partial charge on any atom is -1.00 e. The van der Waals surface area contributed by atoms with Crippen molar-refractivity contribution in [2.45, 2.75) is 37.5 Å². The summed E-state index contributed by atoms with van der Waals surface area (Å²) >= 11 is 0. The van der Waals surface area contributed by atoms with Gasteiger partial charge in [-0.2, -0.15) is 8.42 Å². The Kier molecular flexibility index (Phi) is 8.86. The Morgan fingerprint density at radius 3 is 2.35 bits per heavy atom. The van der Waals surface area contributed by atoms with Crippen LogP contribution in [0.1, 0.15) is 35.5 Å². The van der Waals surface area contributed by atoms with E-state index in [1.165, 1.54) is 0 Å². The van der Waals surface area contributed by atoms with Gasteiger partial charge in [0.2, 0.25) is 0 Å². The van der Waals surface area contributed by atoms with Crippen LogP contribution in [0.5, 0.6) is 0 Å². The number of hydrogen-bond acceptors (Lipinski definition) is 3. The molecule has 0 aromatic heterocycles. The van der Waals surface area contributed by atoms with Crippen LogP contribution in [0, 0.1) is 0 Å². The topological polar surface area (TPSA) is 43.4 Å². The van der Waals surface area contributed by atoms with Crippen molar-refractivity contribution in [1.82, 2.24) is 0 Å². The molecule has 0 bridgehead atoms. The molecule has 1 rings (SSSR count). The Hall–Kier alpha value is -0.104. The summed E-state index contributed by atoms with van der Waals surface area (Å²) in [6.45, 7) is 2.39. The van der Waals surface area contributed by atoms with E-state index in [9.17, 15) is 8.42 Å². The van der Waals surface area contributed by atoms with Gasteiger partial charge in [0.25, 0.3) is 10.1 Å². The molecule has 0 saturated heterocycles. The zero-order chi connectivity index (χ0) is 11.9. The molecular weight excluding hydrogens is 249 g/mol. The van der Waals surface area contributed by atoms with E-state index >= 15 is 0 Å². The maximum Gasteiger partial charge on any atom is 2.00 e. The fourth-order valence-electron chi connectivity index (χ4n) is 1.35. The van der Waals surface area contributed by atoms with E-state index in [2.05, 4.69) is 6.92 Å². The van der Waals surface area contributed by atoms with E-state index in [-0.39, 0.29) is 37.4 Å². The summed E-state index contributed by atoms with van der Waals surface area (Å²) in [5, 5.41) is 0. The molecule has 3 nitrogen and oxygen atoms in total. The number of unbranched alkanes of at least 4 members (excludes halogenated alkanes) is 3. The Balaban J connectivity index is -0.000000853. The number of benzene rings is 1. The second-order valence-electron chi connectivity index (χ2n) is 3.65. The molecule has 94 valence electrons. The maximum atomic E-state index is 11.6. The van der Waals surface area contributed by atoms with E-state index in [0.29, 0.717) is 0 Å². The first-order valence-corrected chi connectivity index (χ1v) is 7.02. The van der Waals surface area contributed by atoms with Gasteiger partial charge in [0.05, 0.1) is 11.5 Å². The van der Waals surface area contributed by atoms with Gasteiger partial charge >= 0.3 is 23.1 Å². The summed E-state index contributed by atoms with van der Waals surface area (Å²) in [5.41, 5.74) is 0. The summed E-state index contributed by atoms with van der Waals surface area (Å²) in [6.07, 6.45) is 4.06. The smallest absolute Gasteiger partial charge is 1.00 e. The van der Waals surface area contributed by atoms with Gasteiger partial charge in [0, 0.05) is 0 Å². The van der Waals surface area contributed by atoms with Crippen LogP contribution >= 0.6 is 0 Å². The molecule has 0 spiro atoms. The van der Waals surface area contributed by atoms with Crippen molar-refractivity contribution < 1.29 is 15.5 Å². The summed E-state index contributed by atoms with van der Waals surface area (Å²) in [6, 6.07) is 8.24. The van der Waals surface area contributed by atoms with Crippen molar-refractivity contribution in [2.75, 3.05) is 6.61 Å². The van der Waals surface area contributed by atoms with Crippen LogP contribution in [0.4, 0.5) is 0 Å². The standard InChI is InChI=1S/C12H18O3S.Mg.2H/c1-2-3-4-8-11-15-16(13,14)12-9-6-5-7-10-12;;;/h5-7,9-10H,2-4,8,11H2,1H3;;;/q;+2;2*-1. The third kappa shape index (κ3) is 6.40. The minimum absolute atomic E-state index is 0. The van der Waals surface area contributed by atoms with Gasteiger partial charge in [0.15, 0.2) is 0 Å². The summed E-state index contributed by atoms with van der Waals surface area (Å²) in [5.74, 6) is 0. The molecule has 1 aromatic rings. The largest absolute Gasteiger partial charge is 2.00 e. The van der Waals surface area contributed by atoms with Crippen LogP contribution < -0.4 is 0 Å². The third-order valence-electron chi connectivity index (χ3n) is 2.27. The van der Waals surface area contributed by atoms with Crippen LogP contribution in [0.3, 0.4) is 0 Å². The van der Waals surface area contributed by atoms with Crippen LogP contribution in [0.25, 0.3) is 0 Å². The average molecular weight is 269 g/mol. The summed E-state index contributed by atoms with van der Waals surface area (Å²) in [7, 11) is -3.55. The molecule has 0 heterocycles. The molecule has 0 N–H and O–H groups in total. The van der Waals surface area contributed by atoms with E-state index < -0.39 is 10.1 Å². The van der Waals surface area contributed by atoms with Crippen LogP contribution in [-0.4, -0.2) is 38.1 Å². The molecule has 17 heavy (non-hydrogen) atoms. The molecule has 0 atom stereocenters. The predicted molar refractivity (Wildman–Crippen MR) is 71.7 cm³/mol. The van der Waals surface area contributed by atoms with E-state index in [0.717, 1.165) is 25.7 Å². The Morgan fingerprint density at radius 2 is 1.76 bits per heavy atom. The van der Waals surface area contributed by atoms with Crippen LogP contribution in [0.15, 0.2) is 35.2 Å². The van der Waals surface area contributed by atoms with E-state index in [1.54, 1.807) is 30.3 Å². The Labute approximate surface area is 123 Å². The van der Waals surface area contributed by atoms with Gasteiger partial charge in [-0.1, -0.05) is 44.4 Å². The molecule has 0 amide bonds. The van der Waals surface area contributed by atoms with Crippen LogP contribution in [0.2, 0.25) is 0 Å². The fraction of sp³-hybridized carbons (Fsp3) is 0.500. The Bertz CT molecular complexity index is 399. The summed E-state index contributed by atoms with van der Waals surface area (Å²) < 4.78 is 28.2. The van der Waals surface area contributed by atoms with Crippen molar-refractivity contribution in [3.05, 3.63) is 30.3 Å². The molecule has 1 aromatic carbocycles. The minimum atomic E-state index is -3.55. The molecule has 5 heteroatoms. The van der Waals surface area contributed by atoms with Crippen molar-refractivity contribution in [3.63, 3.8) is 0 Å². The molecule has 0 unspecified atom stereocenters. The SMILES string of the molecule is CCCCCCOS(=O)(=O)c1ccccc1.[H-].[H-].[Mg+2]. The van der Waals surface area contributed by atoms with Crippen molar-refractivity contribution in [3.8, 4) is 0 Å². The quantitative estimate of drug-likeness (QED) is 0.434. The summed E-state index contributed by atoms with van der Waals surface area (Å²) in [4.78, 5) is 0.227. The molecule has 0 fully saturated rings. The maximum absolute atomic E-state index is 11.6. The predicted octanol–water partition coefficient (Wildman–Crippen LogP) is 2.82. The van der Waals surface area contributed by atoms with Gasteiger partial charge in [-0.3, -0.25) is 4.18 Å². The van der Waals surface area contributed by atoms with Crippen molar-refractivity contribution >= 4 is 33.2 Å². The molecule has 0 aliphatic carbocycles. The first kappa shape index (κ1) is 16.9. The molecule has 0 aliphatic heterocycles. The second-order valence-corrected chi connectivity index (χ2v) is 5.27. The molecular formula is C12H20MgO3S. The molecule has 0 aliphatic rings. The monoisotopic (exact) mass is 268 g/mol. The molecule has 0 radical (unpaired) electrons. The van der Waals surface area contributed by atoms with Crippen molar-refractivity contribution in [2.24, 2.45) is 0 Å². The normalized spacial score (nSPS) is 10.9. The molecule has 0 saturated carbocycles. The first-order valence-electron chi connectivity index (χ1n) is 5.61. The number of rotatable bonds is 7. The van der Waals surface area contributed by atoms with Gasteiger partial charge in [-0.25, -0.2) is 0 Å².